The average molecular weight is 350 g/mol. The smallest absolute Gasteiger partial charge is 0.218 e. The molecule has 2 heterocycles. The largest absolute Gasteiger partial charge is 0.387 e. The van der Waals surface area contributed by atoms with Crippen LogP contribution in [0.1, 0.15) is 43.2 Å². The first-order valence-electron chi connectivity index (χ1n) is 8.07. The highest BCUT2D eigenvalue weighted by Crippen LogP contribution is 2.25. The molecule has 8 heteroatoms. The molecule has 1 atom stereocenters. The Hall–Kier alpha value is -1.77. The van der Waals surface area contributed by atoms with Crippen molar-refractivity contribution in [3.05, 3.63) is 47.8 Å². The number of aliphatic hydroxyl groups is 1. The Bertz CT molecular complexity index is 766. The minimum atomic E-state index is -3.30. The van der Waals surface area contributed by atoms with E-state index in [9.17, 15) is 13.5 Å². The highest BCUT2D eigenvalue weighted by atomic mass is 32.2. The lowest BCUT2D eigenvalue weighted by atomic mass is 10.1. The molecule has 1 fully saturated rings. The molecule has 1 saturated heterocycles. The van der Waals surface area contributed by atoms with Gasteiger partial charge in [0.25, 0.3) is 0 Å². The van der Waals surface area contributed by atoms with E-state index >= 15 is 0 Å². The van der Waals surface area contributed by atoms with Gasteiger partial charge in [0, 0.05) is 13.1 Å². The van der Waals surface area contributed by atoms with Crippen LogP contribution in [0.2, 0.25) is 0 Å². The SMILES string of the molecule is CC(O)c1cn(C2CCN(S(=O)(=O)Cc3ccccc3)CC2)nn1. The standard InChI is InChI=1S/C16H22N4O3S/c1-13(21)16-11-20(18-17-16)15-7-9-19(10-8-15)24(22,23)12-14-5-3-2-4-6-14/h2-6,11,13,15,21H,7-10,12H2,1H3. The van der Waals surface area contributed by atoms with E-state index in [4.69, 9.17) is 0 Å². The monoisotopic (exact) mass is 350 g/mol. The molecule has 0 saturated carbocycles. The van der Waals surface area contributed by atoms with Crippen molar-refractivity contribution in [1.82, 2.24) is 19.3 Å². The Kier molecular flexibility index (Phi) is 4.98. The molecule has 1 aliphatic rings. The van der Waals surface area contributed by atoms with Gasteiger partial charge < -0.3 is 5.11 Å². The summed E-state index contributed by atoms with van der Waals surface area (Å²) in [7, 11) is -3.30. The van der Waals surface area contributed by atoms with Crippen LogP contribution in [0.25, 0.3) is 0 Å². The van der Waals surface area contributed by atoms with Crippen LogP contribution in [-0.4, -0.2) is 45.9 Å². The third-order valence-electron chi connectivity index (χ3n) is 4.34. The number of rotatable bonds is 5. The zero-order valence-corrected chi connectivity index (χ0v) is 14.4. The van der Waals surface area contributed by atoms with Crippen molar-refractivity contribution < 1.29 is 13.5 Å². The number of piperidine rings is 1. The van der Waals surface area contributed by atoms with Gasteiger partial charge in [-0.1, -0.05) is 35.5 Å². The second kappa shape index (κ2) is 7.00. The number of aliphatic hydroxyl groups excluding tert-OH is 1. The number of hydrogen-bond acceptors (Lipinski definition) is 5. The maximum atomic E-state index is 12.5. The van der Waals surface area contributed by atoms with Gasteiger partial charge in [-0.25, -0.2) is 17.4 Å². The van der Waals surface area contributed by atoms with Gasteiger partial charge in [0.15, 0.2) is 0 Å². The number of nitrogens with zero attached hydrogens (tertiary/aromatic N) is 4. The number of benzene rings is 1. The van der Waals surface area contributed by atoms with Crippen LogP contribution >= 0.6 is 0 Å². The van der Waals surface area contributed by atoms with E-state index in [2.05, 4.69) is 10.3 Å². The summed E-state index contributed by atoms with van der Waals surface area (Å²) in [5.41, 5.74) is 1.34. The van der Waals surface area contributed by atoms with Gasteiger partial charge in [-0.05, 0) is 25.3 Å². The summed E-state index contributed by atoms with van der Waals surface area (Å²) in [6.07, 6.45) is 2.47. The van der Waals surface area contributed by atoms with E-state index in [0.717, 1.165) is 5.56 Å². The maximum Gasteiger partial charge on any atom is 0.218 e. The summed E-state index contributed by atoms with van der Waals surface area (Å²) in [5, 5.41) is 17.5. The fraction of sp³-hybridized carbons (Fsp3) is 0.500. The quantitative estimate of drug-likeness (QED) is 0.883. The average Bonchev–Trinajstić information content (AvgIpc) is 3.06. The first-order valence-corrected chi connectivity index (χ1v) is 9.68. The van der Waals surface area contributed by atoms with Crippen LogP contribution in [0, 0.1) is 0 Å². The third kappa shape index (κ3) is 3.82. The van der Waals surface area contributed by atoms with Gasteiger partial charge in [-0.3, -0.25) is 0 Å². The van der Waals surface area contributed by atoms with Crippen molar-refractivity contribution >= 4 is 10.0 Å². The van der Waals surface area contributed by atoms with Crippen LogP contribution in [0.3, 0.4) is 0 Å². The van der Waals surface area contributed by atoms with Gasteiger partial charge >= 0.3 is 0 Å². The molecule has 1 aromatic heterocycles. The van der Waals surface area contributed by atoms with Crippen molar-refractivity contribution in [3.63, 3.8) is 0 Å². The molecule has 130 valence electrons. The summed E-state index contributed by atoms with van der Waals surface area (Å²) in [4.78, 5) is 0. The first kappa shape index (κ1) is 17.1. The van der Waals surface area contributed by atoms with E-state index in [-0.39, 0.29) is 11.8 Å². The predicted octanol–water partition coefficient (Wildman–Crippen LogP) is 1.50. The van der Waals surface area contributed by atoms with E-state index in [0.29, 0.717) is 31.6 Å². The number of hydrogen-bond donors (Lipinski definition) is 1. The lowest BCUT2D eigenvalue weighted by Gasteiger charge is -2.31. The molecule has 1 N–H and O–H groups in total. The van der Waals surface area contributed by atoms with E-state index in [1.165, 1.54) is 0 Å². The maximum absolute atomic E-state index is 12.5. The lowest BCUT2D eigenvalue weighted by molar-refractivity contribution is 0.194. The Morgan fingerprint density at radius 2 is 1.92 bits per heavy atom. The molecule has 1 aliphatic heterocycles. The first-order chi connectivity index (χ1) is 11.5. The van der Waals surface area contributed by atoms with Gasteiger partial charge in [-0.15, -0.1) is 5.10 Å². The van der Waals surface area contributed by atoms with E-state index in [1.54, 1.807) is 22.1 Å². The van der Waals surface area contributed by atoms with Crippen molar-refractivity contribution in [1.29, 1.82) is 0 Å². The normalized spacial score (nSPS) is 18.6. The Labute approximate surface area is 142 Å². The topological polar surface area (TPSA) is 88.3 Å². The van der Waals surface area contributed by atoms with Gasteiger partial charge in [0.05, 0.1) is 24.1 Å². The molecule has 2 aromatic rings. The molecule has 3 rings (SSSR count). The molecular weight excluding hydrogens is 328 g/mol. The third-order valence-corrected chi connectivity index (χ3v) is 6.19. The second-order valence-corrected chi connectivity index (χ2v) is 8.14. The minimum Gasteiger partial charge on any atom is -0.387 e. The summed E-state index contributed by atoms with van der Waals surface area (Å²) in [6, 6.07) is 9.35. The Morgan fingerprint density at radius 1 is 1.25 bits per heavy atom. The van der Waals surface area contributed by atoms with Crippen LogP contribution in [0.5, 0.6) is 0 Å². The van der Waals surface area contributed by atoms with Gasteiger partial charge in [0.2, 0.25) is 10.0 Å². The molecule has 0 radical (unpaired) electrons. The molecule has 24 heavy (non-hydrogen) atoms. The summed E-state index contributed by atoms with van der Waals surface area (Å²) >= 11 is 0. The van der Waals surface area contributed by atoms with Crippen LogP contribution in [0.15, 0.2) is 36.5 Å². The molecule has 0 amide bonds. The van der Waals surface area contributed by atoms with E-state index in [1.807, 2.05) is 30.3 Å². The number of sulfonamides is 1. The highest BCUT2D eigenvalue weighted by molar-refractivity contribution is 7.88. The van der Waals surface area contributed by atoms with E-state index < -0.39 is 16.1 Å². The van der Waals surface area contributed by atoms with Gasteiger partial charge in [0.1, 0.15) is 5.69 Å². The summed E-state index contributed by atoms with van der Waals surface area (Å²) in [5.74, 6) is 0.0357. The second-order valence-electron chi connectivity index (χ2n) is 6.17. The van der Waals surface area contributed by atoms with Crippen LogP contribution in [-0.2, 0) is 15.8 Å². The van der Waals surface area contributed by atoms with Crippen LogP contribution in [0.4, 0.5) is 0 Å². The molecule has 0 bridgehead atoms. The minimum absolute atomic E-state index is 0.0357. The molecule has 7 nitrogen and oxygen atoms in total. The van der Waals surface area contributed by atoms with Crippen LogP contribution < -0.4 is 0 Å². The Balaban J connectivity index is 1.61. The summed E-state index contributed by atoms with van der Waals surface area (Å²) in [6.45, 7) is 2.60. The molecule has 0 aliphatic carbocycles. The van der Waals surface area contributed by atoms with Gasteiger partial charge in [-0.2, -0.15) is 0 Å². The van der Waals surface area contributed by atoms with Crippen molar-refractivity contribution in [3.8, 4) is 0 Å². The fourth-order valence-corrected chi connectivity index (χ4v) is 4.48. The zero-order valence-electron chi connectivity index (χ0n) is 13.6. The lowest BCUT2D eigenvalue weighted by Crippen LogP contribution is -2.39. The van der Waals surface area contributed by atoms with Crippen molar-refractivity contribution in [2.24, 2.45) is 0 Å². The molecule has 1 unspecified atom stereocenters. The Morgan fingerprint density at radius 3 is 2.50 bits per heavy atom. The molecule has 0 spiro atoms. The van der Waals surface area contributed by atoms with Crippen molar-refractivity contribution in [2.45, 2.75) is 37.7 Å². The fourth-order valence-electron chi connectivity index (χ4n) is 2.92. The molecule has 1 aromatic carbocycles. The summed E-state index contributed by atoms with van der Waals surface area (Å²) < 4.78 is 28.4. The highest BCUT2D eigenvalue weighted by Gasteiger charge is 2.29. The predicted molar refractivity (Wildman–Crippen MR) is 89.6 cm³/mol. The zero-order chi connectivity index (χ0) is 17.2. The van der Waals surface area contributed by atoms with Crippen molar-refractivity contribution in [2.75, 3.05) is 13.1 Å². The number of aromatic nitrogens is 3. The molecular formula is C16H22N4O3S.